The van der Waals surface area contributed by atoms with Gasteiger partial charge in [-0.15, -0.1) is 0 Å². The molecule has 11 heteroatoms. The van der Waals surface area contributed by atoms with Gasteiger partial charge in [0.15, 0.2) is 0 Å². The molecule has 47 heavy (non-hydrogen) atoms. The summed E-state index contributed by atoms with van der Waals surface area (Å²) in [6, 6.07) is 0. The van der Waals surface area contributed by atoms with Gasteiger partial charge in [-0.2, -0.15) is 0 Å². The summed E-state index contributed by atoms with van der Waals surface area (Å²) in [6.45, 7) is 10.8. The summed E-state index contributed by atoms with van der Waals surface area (Å²) >= 11 is 0. The molecule has 270 valence electrons. The van der Waals surface area contributed by atoms with Gasteiger partial charge in [0.2, 0.25) is 14.2 Å². The lowest BCUT2D eigenvalue weighted by Crippen LogP contribution is -2.53. The Morgan fingerprint density at radius 1 is 0.809 bits per heavy atom. The van der Waals surface area contributed by atoms with Crippen LogP contribution in [0.2, 0.25) is 0 Å². The minimum Gasteiger partial charge on any atom is -0.481 e. The number of aliphatic carboxylic acids is 2. The van der Waals surface area contributed by atoms with Gasteiger partial charge in [-0.1, -0.05) is 47.5 Å². The van der Waals surface area contributed by atoms with Gasteiger partial charge < -0.3 is 24.6 Å². The number of carboxylic acids is 2. The highest BCUT2D eigenvalue weighted by Gasteiger charge is 2.60. The smallest absolute Gasteiger partial charge is 0.309 e. The predicted octanol–water partition coefficient (Wildman–Crippen LogP) is 7.75. The highest BCUT2D eigenvalue weighted by molar-refractivity contribution is 7.58. The molecule has 0 aromatic heterocycles. The van der Waals surface area contributed by atoms with Crippen LogP contribution >= 0.6 is 7.37 Å². The van der Waals surface area contributed by atoms with Crippen LogP contribution in [-0.4, -0.2) is 58.1 Å². The Bertz CT molecular complexity index is 1140. The van der Waals surface area contributed by atoms with Crippen molar-refractivity contribution in [1.82, 2.24) is 0 Å². The summed E-state index contributed by atoms with van der Waals surface area (Å²) < 4.78 is 22.5. The molecular formula is C36H61O10P. The summed E-state index contributed by atoms with van der Waals surface area (Å²) in [5, 5.41) is 18.0. The quantitative estimate of drug-likeness (QED) is 0.0882. The number of rotatable bonds is 15. The molecule has 0 radical (unpaired) electrons. The van der Waals surface area contributed by atoms with Crippen molar-refractivity contribution in [3.63, 3.8) is 0 Å². The molecule has 10 nitrogen and oxygen atoms in total. The van der Waals surface area contributed by atoms with Gasteiger partial charge in [0, 0.05) is 25.2 Å². The number of esters is 2. The molecular weight excluding hydrogens is 623 g/mol. The van der Waals surface area contributed by atoms with E-state index in [2.05, 4.69) is 20.8 Å². The maximum absolute atomic E-state index is 12.5. The zero-order valence-corrected chi connectivity index (χ0v) is 30.3. The molecule has 0 saturated heterocycles. The molecule has 0 aliphatic heterocycles. The van der Waals surface area contributed by atoms with Crippen molar-refractivity contribution in [2.75, 3.05) is 19.1 Å². The molecule has 4 saturated carbocycles. The first kappa shape index (κ1) is 39.5. The molecule has 0 aromatic carbocycles. The lowest BCUT2D eigenvalue weighted by atomic mass is 9.44. The molecule has 0 spiro atoms. The van der Waals surface area contributed by atoms with E-state index < -0.39 is 69.1 Å². The highest BCUT2D eigenvalue weighted by atomic mass is 31.2. The third-order valence-electron chi connectivity index (χ3n) is 12.8. The fraction of sp³-hybridized carbons (Fsp3) is 0.889. The van der Waals surface area contributed by atoms with Crippen LogP contribution in [0.3, 0.4) is 0 Å². The van der Waals surface area contributed by atoms with Crippen molar-refractivity contribution in [1.29, 1.82) is 0 Å². The van der Waals surface area contributed by atoms with Crippen LogP contribution in [0.1, 0.15) is 131 Å². The van der Waals surface area contributed by atoms with Crippen molar-refractivity contribution in [2.45, 2.75) is 131 Å². The van der Waals surface area contributed by atoms with Crippen LogP contribution in [0, 0.1) is 52.3 Å². The fourth-order valence-electron chi connectivity index (χ4n) is 10.4. The Hall–Kier alpha value is -1.93. The second kappa shape index (κ2) is 17.1. The molecule has 10 atom stereocenters. The summed E-state index contributed by atoms with van der Waals surface area (Å²) in [5.74, 6) is -0.753. The van der Waals surface area contributed by atoms with E-state index in [0.29, 0.717) is 29.1 Å². The van der Waals surface area contributed by atoms with Crippen molar-refractivity contribution in [3.8, 4) is 0 Å². The van der Waals surface area contributed by atoms with Crippen LogP contribution in [0.4, 0.5) is 0 Å². The number of hydrogen-bond acceptors (Lipinski definition) is 7. The average molecular weight is 685 g/mol. The number of carboxylic acid groups (broad SMARTS) is 2. The van der Waals surface area contributed by atoms with Crippen LogP contribution in [0.5, 0.6) is 0 Å². The van der Waals surface area contributed by atoms with E-state index in [4.69, 9.17) is 14.6 Å². The van der Waals surface area contributed by atoms with Crippen molar-refractivity contribution >= 4 is 31.2 Å². The van der Waals surface area contributed by atoms with Crippen LogP contribution in [0.25, 0.3) is 0 Å². The Labute approximate surface area is 281 Å². The molecule has 4 aliphatic carbocycles. The Morgan fingerprint density at radius 3 is 2.13 bits per heavy atom. The number of ether oxygens (including phenoxy) is 2. The van der Waals surface area contributed by atoms with Crippen LogP contribution in [0.15, 0.2) is 0 Å². The SMILES string of the molecule is CC.C[C@H](CCC(=O)OCOC(=O)CCP(=O)(O)CC(CCC(=O)O)C(=O)O)C1CCC2C3CCC4CCCCC4(C)C3CCC21C. The largest absolute Gasteiger partial charge is 0.481 e. The molecule has 0 bridgehead atoms. The normalized spacial score (nSPS) is 33.7. The average Bonchev–Trinajstić information content (AvgIpc) is 3.38. The van der Waals surface area contributed by atoms with Crippen molar-refractivity contribution in [3.05, 3.63) is 0 Å². The van der Waals surface area contributed by atoms with Gasteiger partial charge in [-0.25, -0.2) is 0 Å². The summed E-state index contributed by atoms with van der Waals surface area (Å²) in [5.41, 5.74) is 0.856. The van der Waals surface area contributed by atoms with Crippen molar-refractivity contribution < 1.29 is 48.3 Å². The first-order chi connectivity index (χ1) is 22.2. The minimum absolute atomic E-state index is 0.237. The maximum atomic E-state index is 12.5. The number of fused-ring (bicyclic) bond motifs is 5. The Kier molecular flexibility index (Phi) is 14.4. The topological polar surface area (TPSA) is 164 Å². The number of hydrogen-bond donors (Lipinski definition) is 3. The molecule has 4 rings (SSSR count). The van der Waals surface area contributed by atoms with E-state index in [9.17, 15) is 33.7 Å². The summed E-state index contributed by atoms with van der Waals surface area (Å²) in [7, 11) is -4.02. The van der Waals surface area contributed by atoms with Crippen LogP contribution < -0.4 is 0 Å². The number of carbonyl (C=O) groups excluding carboxylic acids is 2. The lowest BCUT2D eigenvalue weighted by Gasteiger charge is -2.61. The third-order valence-corrected chi connectivity index (χ3v) is 14.7. The molecule has 0 amide bonds. The molecule has 4 fully saturated rings. The van der Waals surface area contributed by atoms with Crippen LogP contribution in [-0.2, 0) is 33.2 Å². The fourth-order valence-corrected chi connectivity index (χ4v) is 12.2. The van der Waals surface area contributed by atoms with Gasteiger partial charge in [0.05, 0.1) is 12.3 Å². The summed E-state index contributed by atoms with van der Waals surface area (Å²) in [6.07, 6.45) is 12.2. The Balaban J connectivity index is 0.00000294. The first-order valence-electron chi connectivity index (χ1n) is 18.2. The van der Waals surface area contributed by atoms with Crippen molar-refractivity contribution in [2.24, 2.45) is 52.3 Å². The maximum Gasteiger partial charge on any atom is 0.309 e. The zero-order chi connectivity index (χ0) is 35.0. The molecule has 0 aromatic rings. The monoisotopic (exact) mass is 684 g/mol. The predicted molar refractivity (Wildman–Crippen MR) is 179 cm³/mol. The van der Waals surface area contributed by atoms with E-state index in [1.54, 1.807) is 0 Å². The van der Waals surface area contributed by atoms with Gasteiger partial charge in [-0.3, -0.25) is 23.7 Å². The summed E-state index contributed by atoms with van der Waals surface area (Å²) in [4.78, 5) is 56.7. The minimum atomic E-state index is -4.02. The molecule has 9 unspecified atom stereocenters. The zero-order valence-electron chi connectivity index (χ0n) is 29.4. The van der Waals surface area contributed by atoms with Gasteiger partial charge in [0.1, 0.15) is 0 Å². The lowest BCUT2D eigenvalue weighted by molar-refractivity contribution is -0.167. The Morgan fingerprint density at radius 2 is 1.47 bits per heavy atom. The molecule has 0 heterocycles. The van der Waals surface area contributed by atoms with E-state index in [-0.39, 0.29) is 12.8 Å². The molecule has 3 N–H and O–H groups in total. The molecule has 4 aliphatic rings. The number of carbonyl (C=O) groups is 4. The van der Waals surface area contributed by atoms with E-state index in [1.165, 1.54) is 64.2 Å². The van der Waals surface area contributed by atoms with E-state index in [1.807, 2.05) is 13.8 Å². The standard InChI is InChI=1S/C34H55O10P.C2H6/c1-22(26-11-12-27-25-10-9-24-6-4-5-17-33(24,2)28(25)15-18-34(26,27)3)7-14-30(37)43-21-44-31(38)16-19-45(41,42)20-23(32(39)40)8-13-29(35)36;1-2/h22-28H,4-21H2,1-3H3,(H,35,36)(H,39,40)(H,41,42);1-2H3/t22-,23?,24?,25?,26?,27?,28?,33?,34?;/m1./s1. The highest BCUT2D eigenvalue weighted by Crippen LogP contribution is 2.68. The third kappa shape index (κ3) is 9.83. The van der Waals surface area contributed by atoms with Gasteiger partial charge in [-0.05, 0) is 111 Å². The van der Waals surface area contributed by atoms with Gasteiger partial charge in [0.25, 0.3) is 0 Å². The second-order valence-electron chi connectivity index (χ2n) is 15.3. The first-order valence-corrected chi connectivity index (χ1v) is 20.3. The second-order valence-corrected chi connectivity index (χ2v) is 17.8. The van der Waals surface area contributed by atoms with E-state index in [0.717, 1.165) is 23.7 Å². The van der Waals surface area contributed by atoms with E-state index >= 15 is 0 Å². The van der Waals surface area contributed by atoms with Gasteiger partial charge >= 0.3 is 23.9 Å².